The third-order valence-corrected chi connectivity index (χ3v) is 6.16. The zero-order chi connectivity index (χ0) is 16.9. The summed E-state index contributed by atoms with van der Waals surface area (Å²) in [7, 11) is -3.31. The molecule has 0 bridgehead atoms. The highest BCUT2D eigenvalue weighted by Crippen LogP contribution is 2.28. The molecule has 0 radical (unpaired) electrons. The summed E-state index contributed by atoms with van der Waals surface area (Å²) in [4.78, 5) is 12.1. The van der Waals surface area contributed by atoms with Gasteiger partial charge in [-0.15, -0.1) is 0 Å². The third-order valence-electron chi connectivity index (χ3n) is 4.28. The van der Waals surface area contributed by atoms with Crippen molar-refractivity contribution < 1.29 is 13.2 Å². The molecule has 1 saturated carbocycles. The van der Waals surface area contributed by atoms with Gasteiger partial charge >= 0.3 is 0 Å². The Morgan fingerprint density at radius 3 is 2.57 bits per heavy atom. The molecule has 1 N–H and O–H groups in total. The van der Waals surface area contributed by atoms with Crippen molar-refractivity contribution in [3.05, 3.63) is 35.9 Å². The molecule has 1 fully saturated rings. The minimum atomic E-state index is -3.31. The Kier molecular flexibility index (Phi) is 6.22. The summed E-state index contributed by atoms with van der Waals surface area (Å²) in [6.45, 7) is 3.70. The van der Waals surface area contributed by atoms with Gasteiger partial charge in [-0.25, -0.2) is 8.42 Å². The van der Waals surface area contributed by atoms with E-state index in [1.807, 2.05) is 32.0 Å². The molecule has 2 unspecified atom stereocenters. The van der Waals surface area contributed by atoms with Crippen molar-refractivity contribution in [2.75, 3.05) is 11.5 Å². The van der Waals surface area contributed by atoms with E-state index < -0.39 is 9.84 Å². The number of carbonyl (C=O) groups is 1. The average molecular weight is 337 g/mol. The molecule has 128 valence electrons. The summed E-state index contributed by atoms with van der Waals surface area (Å²) in [5.74, 6) is -0.229. The maximum absolute atomic E-state index is 12.1. The van der Waals surface area contributed by atoms with Crippen LogP contribution in [0.15, 0.2) is 30.3 Å². The molecular formula is C18H27NO3S. The van der Waals surface area contributed by atoms with Crippen molar-refractivity contribution in [1.29, 1.82) is 0 Å². The second-order valence-corrected chi connectivity index (χ2v) is 9.11. The molecule has 1 aromatic rings. The minimum Gasteiger partial charge on any atom is -0.352 e. The van der Waals surface area contributed by atoms with Crippen LogP contribution in [-0.2, 0) is 21.1 Å². The van der Waals surface area contributed by atoms with Crippen LogP contribution in [0, 0.1) is 11.8 Å². The second kappa shape index (κ2) is 7.95. The summed E-state index contributed by atoms with van der Waals surface area (Å²) in [6.07, 6.45) is 4.04. The van der Waals surface area contributed by atoms with E-state index in [4.69, 9.17) is 0 Å². The lowest BCUT2D eigenvalue weighted by Crippen LogP contribution is -2.41. The van der Waals surface area contributed by atoms with Crippen LogP contribution >= 0.6 is 0 Å². The predicted molar refractivity (Wildman–Crippen MR) is 92.9 cm³/mol. The van der Waals surface area contributed by atoms with E-state index in [0.717, 1.165) is 25.7 Å². The van der Waals surface area contributed by atoms with E-state index in [-0.39, 0.29) is 29.4 Å². The van der Waals surface area contributed by atoms with Gasteiger partial charge in [0.15, 0.2) is 9.84 Å². The van der Waals surface area contributed by atoms with Gasteiger partial charge in [-0.1, -0.05) is 50.6 Å². The molecule has 1 aliphatic rings. The van der Waals surface area contributed by atoms with Gasteiger partial charge in [-0.05, 0) is 36.7 Å². The van der Waals surface area contributed by atoms with Crippen molar-refractivity contribution in [3.8, 4) is 0 Å². The lowest BCUT2D eigenvalue weighted by Gasteiger charge is -2.21. The Labute approximate surface area is 139 Å². The third kappa shape index (κ3) is 5.98. The normalized spacial score (nSPS) is 21.5. The van der Waals surface area contributed by atoms with Gasteiger partial charge in [0, 0.05) is 6.04 Å². The SMILES string of the molecule is CC(C)CS(=O)(=O)CC(=O)NC1CCCC1Cc1ccccc1. The number of hydrogen-bond acceptors (Lipinski definition) is 3. The van der Waals surface area contributed by atoms with Crippen LogP contribution in [0.2, 0.25) is 0 Å². The first kappa shape index (κ1) is 18.0. The minimum absolute atomic E-state index is 0.0464. The van der Waals surface area contributed by atoms with E-state index in [0.29, 0.717) is 5.92 Å². The molecule has 0 spiro atoms. The Morgan fingerprint density at radius 2 is 1.91 bits per heavy atom. The molecule has 1 aromatic carbocycles. The highest BCUT2D eigenvalue weighted by Gasteiger charge is 2.29. The first-order valence-corrected chi connectivity index (χ1v) is 10.2. The highest BCUT2D eigenvalue weighted by atomic mass is 32.2. The lowest BCUT2D eigenvalue weighted by molar-refractivity contribution is -0.119. The number of carbonyl (C=O) groups excluding carboxylic acids is 1. The molecule has 5 heteroatoms. The Balaban J connectivity index is 1.89. The smallest absolute Gasteiger partial charge is 0.235 e. The van der Waals surface area contributed by atoms with Gasteiger partial charge in [0.25, 0.3) is 0 Å². The zero-order valence-electron chi connectivity index (χ0n) is 14.0. The van der Waals surface area contributed by atoms with Gasteiger partial charge in [0.2, 0.25) is 5.91 Å². The molecule has 1 aliphatic carbocycles. The Hall–Kier alpha value is -1.36. The summed E-state index contributed by atoms with van der Waals surface area (Å²) < 4.78 is 23.9. The molecule has 0 aromatic heterocycles. The monoisotopic (exact) mass is 337 g/mol. The fraction of sp³-hybridized carbons (Fsp3) is 0.611. The van der Waals surface area contributed by atoms with Crippen molar-refractivity contribution in [1.82, 2.24) is 5.32 Å². The number of sulfone groups is 1. The quantitative estimate of drug-likeness (QED) is 0.832. The maximum Gasteiger partial charge on any atom is 0.235 e. The average Bonchev–Trinajstić information content (AvgIpc) is 2.84. The van der Waals surface area contributed by atoms with E-state index in [2.05, 4.69) is 17.4 Å². The molecule has 23 heavy (non-hydrogen) atoms. The van der Waals surface area contributed by atoms with E-state index >= 15 is 0 Å². The molecule has 2 atom stereocenters. The Morgan fingerprint density at radius 1 is 1.22 bits per heavy atom. The highest BCUT2D eigenvalue weighted by molar-refractivity contribution is 7.92. The molecule has 1 amide bonds. The van der Waals surface area contributed by atoms with Crippen LogP contribution in [0.4, 0.5) is 0 Å². The number of hydrogen-bond donors (Lipinski definition) is 1. The van der Waals surface area contributed by atoms with E-state index in [1.54, 1.807) is 0 Å². The second-order valence-electron chi connectivity index (χ2n) is 7.00. The molecule has 2 rings (SSSR count). The summed E-state index contributed by atoms with van der Waals surface area (Å²) in [6, 6.07) is 10.3. The van der Waals surface area contributed by atoms with Gasteiger partial charge < -0.3 is 5.32 Å². The van der Waals surface area contributed by atoms with Gasteiger partial charge in [0.1, 0.15) is 5.75 Å². The summed E-state index contributed by atoms with van der Waals surface area (Å²) in [5.41, 5.74) is 1.27. The van der Waals surface area contributed by atoms with Crippen LogP contribution in [0.25, 0.3) is 0 Å². The number of nitrogens with one attached hydrogen (secondary N) is 1. The standard InChI is InChI=1S/C18H27NO3S/c1-14(2)12-23(21,22)13-18(20)19-17-10-6-9-16(17)11-15-7-4-3-5-8-15/h3-5,7-8,14,16-17H,6,9-13H2,1-2H3,(H,19,20). The maximum atomic E-state index is 12.1. The summed E-state index contributed by atoms with van der Waals surface area (Å²) in [5, 5.41) is 2.96. The molecule has 0 saturated heterocycles. The molecular weight excluding hydrogens is 310 g/mol. The van der Waals surface area contributed by atoms with E-state index in [1.165, 1.54) is 5.56 Å². The van der Waals surface area contributed by atoms with Crippen LogP contribution in [-0.4, -0.2) is 31.9 Å². The molecule has 0 aliphatic heterocycles. The number of rotatable bonds is 7. The van der Waals surface area contributed by atoms with Crippen LogP contribution in [0.1, 0.15) is 38.7 Å². The van der Waals surface area contributed by atoms with E-state index in [9.17, 15) is 13.2 Å². The van der Waals surface area contributed by atoms with Gasteiger partial charge in [-0.2, -0.15) is 0 Å². The van der Waals surface area contributed by atoms with Crippen LogP contribution in [0.5, 0.6) is 0 Å². The largest absolute Gasteiger partial charge is 0.352 e. The van der Waals surface area contributed by atoms with Crippen LogP contribution in [0.3, 0.4) is 0 Å². The van der Waals surface area contributed by atoms with Crippen molar-refractivity contribution >= 4 is 15.7 Å². The number of benzene rings is 1. The topological polar surface area (TPSA) is 63.2 Å². The summed E-state index contributed by atoms with van der Waals surface area (Å²) >= 11 is 0. The lowest BCUT2D eigenvalue weighted by atomic mass is 9.94. The Bertz CT molecular complexity index is 610. The van der Waals surface area contributed by atoms with Crippen LogP contribution < -0.4 is 5.32 Å². The fourth-order valence-electron chi connectivity index (χ4n) is 3.40. The predicted octanol–water partition coefficient (Wildman–Crippen LogP) is 2.58. The fourth-order valence-corrected chi connectivity index (χ4v) is 5.02. The molecule has 0 heterocycles. The zero-order valence-corrected chi connectivity index (χ0v) is 14.8. The van der Waals surface area contributed by atoms with Gasteiger partial charge in [0.05, 0.1) is 5.75 Å². The van der Waals surface area contributed by atoms with Gasteiger partial charge in [-0.3, -0.25) is 4.79 Å². The van der Waals surface area contributed by atoms with Crippen molar-refractivity contribution in [3.63, 3.8) is 0 Å². The number of amides is 1. The first-order valence-electron chi connectivity index (χ1n) is 8.39. The van der Waals surface area contributed by atoms with Crippen molar-refractivity contribution in [2.45, 2.75) is 45.6 Å². The first-order chi connectivity index (χ1) is 10.9. The van der Waals surface area contributed by atoms with Crippen molar-refractivity contribution in [2.24, 2.45) is 11.8 Å². The molecule has 4 nitrogen and oxygen atoms in total.